The molecule has 0 radical (unpaired) electrons. The molecule has 1 aliphatic rings. The third kappa shape index (κ3) is 5.02. The van der Waals surface area contributed by atoms with E-state index < -0.39 is 0 Å². The minimum absolute atomic E-state index is 0.0345. The lowest BCUT2D eigenvalue weighted by atomic mass is 10.1. The summed E-state index contributed by atoms with van der Waals surface area (Å²) in [7, 11) is 0. The van der Waals surface area contributed by atoms with E-state index >= 15 is 0 Å². The first-order chi connectivity index (χ1) is 10.7. The summed E-state index contributed by atoms with van der Waals surface area (Å²) in [6, 6.07) is 7.19. The summed E-state index contributed by atoms with van der Waals surface area (Å²) in [6.45, 7) is 1.65. The van der Waals surface area contributed by atoms with Gasteiger partial charge in [0.25, 0.3) is 5.91 Å². The largest absolute Gasteiger partial charge is 0.339 e. The van der Waals surface area contributed by atoms with Crippen molar-refractivity contribution in [1.29, 1.82) is 0 Å². The van der Waals surface area contributed by atoms with Gasteiger partial charge < -0.3 is 10.2 Å². The van der Waals surface area contributed by atoms with Gasteiger partial charge in [-0.1, -0.05) is 6.07 Å². The van der Waals surface area contributed by atoms with E-state index in [1.54, 1.807) is 12.1 Å². The van der Waals surface area contributed by atoms with Gasteiger partial charge in [-0.05, 0) is 50.3 Å². The van der Waals surface area contributed by atoms with Crippen LogP contribution >= 0.6 is 11.6 Å². The molecule has 1 fully saturated rings. The van der Waals surface area contributed by atoms with Gasteiger partial charge in [-0.2, -0.15) is 0 Å². The van der Waals surface area contributed by atoms with Crippen LogP contribution in [0.15, 0.2) is 24.3 Å². The van der Waals surface area contributed by atoms with E-state index in [9.17, 15) is 9.59 Å². The molecule has 0 saturated carbocycles. The number of unbranched alkanes of at least 4 members (excludes halogenated alkanes) is 1. The average Bonchev–Trinajstić information content (AvgIpc) is 2.55. The molecule has 0 spiro atoms. The molecule has 2 rings (SSSR count). The molecule has 1 N–H and O–H groups in total. The molecule has 120 valence electrons. The molecule has 1 heterocycles. The Labute approximate surface area is 136 Å². The summed E-state index contributed by atoms with van der Waals surface area (Å²) < 4.78 is 0. The van der Waals surface area contributed by atoms with Crippen LogP contribution in [0.2, 0.25) is 0 Å². The molecule has 1 aliphatic heterocycles. The molecule has 1 aromatic carbocycles. The maximum atomic E-state index is 12.4. The number of carbonyl (C=O) groups excluding carboxylic acids is 2. The Morgan fingerprint density at radius 1 is 1.14 bits per heavy atom. The average molecular weight is 323 g/mol. The van der Waals surface area contributed by atoms with E-state index in [2.05, 4.69) is 5.32 Å². The van der Waals surface area contributed by atoms with Gasteiger partial charge in [-0.25, -0.2) is 0 Å². The standard InChI is InChI=1S/C17H23ClN2O2/c18-10-3-2-9-16(21)19-15-8-6-7-14(13-15)17(22)20-11-4-1-5-12-20/h6-8,13H,1-5,9-12H2,(H,19,21). The fourth-order valence-electron chi connectivity index (χ4n) is 2.61. The van der Waals surface area contributed by atoms with E-state index in [4.69, 9.17) is 11.6 Å². The number of amides is 2. The second-order valence-electron chi connectivity index (χ2n) is 5.63. The monoisotopic (exact) mass is 322 g/mol. The molecule has 4 nitrogen and oxygen atoms in total. The van der Waals surface area contributed by atoms with E-state index in [0.29, 0.717) is 23.6 Å². The van der Waals surface area contributed by atoms with Crippen LogP contribution in [0, 0.1) is 0 Å². The third-order valence-corrected chi connectivity index (χ3v) is 4.09. The number of rotatable bonds is 6. The first-order valence-electron chi connectivity index (χ1n) is 7.96. The van der Waals surface area contributed by atoms with Crippen LogP contribution in [0.25, 0.3) is 0 Å². The maximum absolute atomic E-state index is 12.4. The molecule has 0 aliphatic carbocycles. The van der Waals surface area contributed by atoms with Crippen LogP contribution in [0.5, 0.6) is 0 Å². The minimum Gasteiger partial charge on any atom is -0.339 e. The molecule has 22 heavy (non-hydrogen) atoms. The van der Waals surface area contributed by atoms with Gasteiger partial charge in [-0.3, -0.25) is 9.59 Å². The van der Waals surface area contributed by atoms with Crippen molar-refractivity contribution in [3.05, 3.63) is 29.8 Å². The second-order valence-corrected chi connectivity index (χ2v) is 6.01. The van der Waals surface area contributed by atoms with Crippen molar-refractivity contribution in [2.45, 2.75) is 38.5 Å². The zero-order chi connectivity index (χ0) is 15.8. The Hall–Kier alpha value is -1.55. The fourth-order valence-corrected chi connectivity index (χ4v) is 2.80. The van der Waals surface area contributed by atoms with Gasteiger partial charge in [0.15, 0.2) is 0 Å². The minimum atomic E-state index is -0.0345. The van der Waals surface area contributed by atoms with Crippen LogP contribution in [0.1, 0.15) is 48.9 Å². The van der Waals surface area contributed by atoms with Crippen molar-refractivity contribution >= 4 is 29.1 Å². The normalized spacial score (nSPS) is 14.7. The molecule has 1 aromatic rings. The lowest BCUT2D eigenvalue weighted by Crippen LogP contribution is -2.35. The summed E-state index contributed by atoms with van der Waals surface area (Å²) in [5.41, 5.74) is 1.32. The predicted molar refractivity (Wildman–Crippen MR) is 89.4 cm³/mol. The van der Waals surface area contributed by atoms with Crippen molar-refractivity contribution in [2.75, 3.05) is 24.3 Å². The van der Waals surface area contributed by atoms with Crippen LogP contribution in [0.3, 0.4) is 0 Å². The number of halogens is 1. The number of nitrogens with zero attached hydrogens (tertiary/aromatic N) is 1. The number of piperidine rings is 1. The summed E-state index contributed by atoms with van der Waals surface area (Å²) in [4.78, 5) is 26.2. The zero-order valence-electron chi connectivity index (χ0n) is 12.8. The summed E-state index contributed by atoms with van der Waals surface area (Å²) in [5, 5.41) is 2.85. The zero-order valence-corrected chi connectivity index (χ0v) is 13.6. The van der Waals surface area contributed by atoms with Gasteiger partial charge in [0.05, 0.1) is 0 Å². The topological polar surface area (TPSA) is 49.4 Å². The van der Waals surface area contributed by atoms with Gasteiger partial charge in [-0.15, -0.1) is 11.6 Å². The molecule has 0 aromatic heterocycles. The van der Waals surface area contributed by atoms with Crippen LogP contribution in [-0.4, -0.2) is 35.7 Å². The number of alkyl halides is 1. The maximum Gasteiger partial charge on any atom is 0.253 e. The third-order valence-electron chi connectivity index (χ3n) is 3.82. The highest BCUT2D eigenvalue weighted by molar-refractivity contribution is 6.17. The molecule has 0 atom stereocenters. The van der Waals surface area contributed by atoms with Crippen LogP contribution < -0.4 is 5.32 Å². The van der Waals surface area contributed by atoms with E-state index in [0.717, 1.165) is 38.8 Å². The first kappa shape index (κ1) is 16.8. The smallest absolute Gasteiger partial charge is 0.253 e. The molecule has 0 bridgehead atoms. The van der Waals surface area contributed by atoms with Crippen molar-refractivity contribution in [2.24, 2.45) is 0 Å². The number of hydrogen-bond acceptors (Lipinski definition) is 2. The number of nitrogens with one attached hydrogen (secondary N) is 1. The van der Waals surface area contributed by atoms with Crippen molar-refractivity contribution in [3.63, 3.8) is 0 Å². The first-order valence-corrected chi connectivity index (χ1v) is 8.49. The second kappa shape index (κ2) is 8.79. The quantitative estimate of drug-likeness (QED) is 0.642. The summed E-state index contributed by atoms with van der Waals surface area (Å²) >= 11 is 5.60. The Bertz CT molecular complexity index is 513. The highest BCUT2D eigenvalue weighted by Crippen LogP contribution is 2.16. The molecule has 2 amide bonds. The van der Waals surface area contributed by atoms with Crippen molar-refractivity contribution in [1.82, 2.24) is 4.90 Å². The molecule has 0 unspecified atom stereocenters. The van der Waals surface area contributed by atoms with Crippen molar-refractivity contribution < 1.29 is 9.59 Å². The van der Waals surface area contributed by atoms with Crippen LogP contribution in [0.4, 0.5) is 5.69 Å². The van der Waals surface area contributed by atoms with Gasteiger partial charge >= 0.3 is 0 Å². The Morgan fingerprint density at radius 3 is 2.64 bits per heavy atom. The Kier molecular flexibility index (Phi) is 6.72. The van der Waals surface area contributed by atoms with E-state index in [-0.39, 0.29) is 11.8 Å². The fraction of sp³-hybridized carbons (Fsp3) is 0.529. The van der Waals surface area contributed by atoms with Gasteiger partial charge in [0.2, 0.25) is 5.91 Å². The number of hydrogen-bond donors (Lipinski definition) is 1. The molecule has 1 saturated heterocycles. The number of anilines is 1. The highest BCUT2D eigenvalue weighted by atomic mass is 35.5. The van der Waals surface area contributed by atoms with Gasteiger partial charge in [0, 0.05) is 36.6 Å². The Morgan fingerprint density at radius 2 is 1.91 bits per heavy atom. The lowest BCUT2D eigenvalue weighted by Gasteiger charge is -2.26. The van der Waals surface area contributed by atoms with E-state index in [1.807, 2.05) is 17.0 Å². The molecule has 5 heteroatoms. The number of benzene rings is 1. The highest BCUT2D eigenvalue weighted by Gasteiger charge is 2.18. The summed E-state index contributed by atoms with van der Waals surface area (Å²) in [5.74, 6) is 0.596. The van der Waals surface area contributed by atoms with E-state index in [1.165, 1.54) is 6.42 Å². The number of carbonyl (C=O) groups is 2. The van der Waals surface area contributed by atoms with Crippen LogP contribution in [-0.2, 0) is 4.79 Å². The molecular weight excluding hydrogens is 300 g/mol. The molecular formula is C17H23ClN2O2. The SMILES string of the molecule is O=C(CCCCCl)Nc1cccc(C(=O)N2CCCCC2)c1. The lowest BCUT2D eigenvalue weighted by molar-refractivity contribution is -0.116. The number of likely N-dealkylation sites (tertiary alicyclic amines) is 1. The van der Waals surface area contributed by atoms with Gasteiger partial charge in [0.1, 0.15) is 0 Å². The van der Waals surface area contributed by atoms with Crippen molar-refractivity contribution in [3.8, 4) is 0 Å². The summed E-state index contributed by atoms with van der Waals surface area (Å²) in [6.07, 6.45) is 5.41. The predicted octanol–water partition coefficient (Wildman–Crippen LogP) is 3.66. The Balaban J connectivity index is 1.94.